The molecule has 0 amide bonds. The Bertz CT molecular complexity index is 117. The average molecular weight is 154 g/mol. The Balaban J connectivity index is 2.06. The van der Waals surface area contributed by atoms with E-state index in [4.69, 9.17) is 5.41 Å². The van der Waals surface area contributed by atoms with Gasteiger partial charge in [-0.05, 0) is 51.0 Å². The Morgan fingerprint density at radius 1 is 1.45 bits per heavy atom. The molecule has 0 bridgehead atoms. The van der Waals surface area contributed by atoms with Crippen LogP contribution in [0.25, 0.3) is 0 Å². The van der Waals surface area contributed by atoms with E-state index in [1.807, 2.05) is 0 Å². The molecule has 1 aliphatic rings. The molecule has 11 heavy (non-hydrogen) atoms. The third-order valence-corrected chi connectivity index (χ3v) is 2.38. The predicted octanol–water partition coefficient (Wildman–Crippen LogP) is 1.76. The fraction of sp³-hybridized carbons (Fsp3) is 0.889. The van der Waals surface area contributed by atoms with Gasteiger partial charge in [0.25, 0.3) is 0 Å². The lowest BCUT2D eigenvalue weighted by molar-refractivity contribution is 0.324. The number of rotatable bonds is 4. The molecule has 1 fully saturated rings. The minimum atomic E-state index is 0.468. The van der Waals surface area contributed by atoms with Crippen LogP contribution in [0.3, 0.4) is 0 Å². The molecule has 0 aromatic rings. The van der Waals surface area contributed by atoms with Crippen LogP contribution < -0.4 is 0 Å². The van der Waals surface area contributed by atoms with Gasteiger partial charge < -0.3 is 10.3 Å². The molecule has 0 aromatic heterocycles. The molecular formula is C9H18N2. The first-order valence-corrected chi connectivity index (χ1v) is 4.56. The van der Waals surface area contributed by atoms with E-state index in [-0.39, 0.29) is 0 Å². The molecule has 2 heteroatoms. The fourth-order valence-electron chi connectivity index (χ4n) is 1.48. The maximum Gasteiger partial charge on any atom is -0.00127 e. The van der Waals surface area contributed by atoms with Crippen LogP contribution in [-0.4, -0.2) is 30.7 Å². The van der Waals surface area contributed by atoms with Crippen LogP contribution in [-0.2, 0) is 0 Å². The largest absolute Gasteiger partial charge is 0.313 e. The Morgan fingerprint density at radius 3 is 2.64 bits per heavy atom. The van der Waals surface area contributed by atoms with E-state index >= 15 is 0 Å². The van der Waals surface area contributed by atoms with Crippen molar-refractivity contribution < 1.29 is 0 Å². The second kappa shape index (κ2) is 4.50. The highest BCUT2D eigenvalue weighted by Crippen LogP contribution is 2.09. The Hall–Kier alpha value is -0.370. The quantitative estimate of drug-likeness (QED) is 0.614. The smallest absolute Gasteiger partial charge is 0.00127 e. The van der Waals surface area contributed by atoms with Gasteiger partial charge in [-0.1, -0.05) is 6.92 Å². The third-order valence-electron chi connectivity index (χ3n) is 2.38. The zero-order valence-electron chi connectivity index (χ0n) is 7.34. The van der Waals surface area contributed by atoms with Crippen LogP contribution >= 0.6 is 0 Å². The average Bonchev–Trinajstić information content (AvgIpc) is 2.52. The molecule has 1 rings (SSSR count). The van der Waals surface area contributed by atoms with Gasteiger partial charge in [0.2, 0.25) is 0 Å². The van der Waals surface area contributed by atoms with Crippen molar-refractivity contribution in [1.29, 1.82) is 5.41 Å². The molecule has 0 spiro atoms. The first-order valence-electron chi connectivity index (χ1n) is 4.56. The lowest BCUT2D eigenvalue weighted by Crippen LogP contribution is -2.22. The lowest BCUT2D eigenvalue weighted by Gasteiger charge is -2.15. The normalized spacial score (nSPS) is 21.9. The predicted molar refractivity (Wildman–Crippen MR) is 48.2 cm³/mol. The summed E-state index contributed by atoms with van der Waals surface area (Å²) in [7, 11) is 0. The van der Waals surface area contributed by atoms with Crippen LogP contribution in [0.15, 0.2) is 0 Å². The van der Waals surface area contributed by atoms with Crippen molar-refractivity contribution in [2.24, 2.45) is 5.92 Å². The molecule has 1 N–H and O–H groups in total. The zero-order valence-corrected chi connectivity index (χ0v) is 7.34. The van der Waals surface area contributed by atoms with Crippen molar-refractivity contribution in [3.63, 3.8) is 0 Å². The van der Waals surface area contributed by atoms with Crippen LogP contribution in [0.2, 0.25) is 0 Å². The highest BCUT2D eigenvalue weighted by Gasteiger charge is 2.11. The van der Waals surface area contributed by atoms with Crippen LogP contribution in [0.1, 0.15) is 26.2 Å². The van der Waals surface area contributed by atoms with Gasteiger partial charge in [-0.25, -0.2) is 0 Å². The minimum Gasteiger partial charge on any atom is -0.313 e. The van der Waals surface area contributed by atoms with Gasteiger partial charge in [0, 0.05) is 0 Å². The maximum absolute atomic E-state index is 7.04. The number of hydrogen-bond donors (Lipinski definition) is 1. The summed E-state index contributed by atoms with van der Waals surface area (Å²) in [5.74, 6) is 0.468. The van der Waals surface area contributed by atoms with Crippen molar-refractivity contribution in [1.82, 2.24) is 4.90 Å². The summed E-state index contributed by atoms with van der Waals surface area (Å²) in [5, 5.41) is 7.04. The van der Waals surface area contributed by atoms with Gasteiger partial charge in [0.1, 0.15) is 0 Å². The van der Waals surface area contributed by atoms with Crippen LogP contribution in [0, 0.1) is 11.3 Å². The highest BCUT2D eigenvalue weighted by atomic mass is 15.1. The van der Waals surface area contributed by atoms with Crippen molar-refractivity contribution in [3.8, 4) is 0 Å². The van der Waals surface area contributed by atoms with Gasteiger partial charge in [-0.15, -0.1) is 0 Å². The summed E-state index contributed by atoms with van der Waals surface area (Å²) < 4.78 is 0. The van der Waals surface area contributed by atoms with Crippen LogP contribution in [0.4, 0.5) is 0 Å². The molecule has 0 radical (unpaired) electrons. The summed E-state index contributed by atoms with van der Waals surface area (Å²) in [5.41, 5.74) is 0. The maximum atomic E-state index is 7.04. The van der Waals surface area contributed by atoms with Gasteiger partial charge in [0.15, 0.2) is 0 Å². The van der Waals surface area contributed by atoms with Gasteiger partial charge in [0.05, 0.1) is 0 Å². The first kappa shape index (κ1) is 8.72. The summed E-state index contributed by atoms with van der Waals surface area (Å²) in [6.45, 7) is 5.87. The van der Waals surface area contributed by atoms with E-state index < -0.39 is 0 Å². The summed E-state index contributed by atoms with van der Waals surface area (Å²) in [6, 6.07) is 0. The van der Waals surface area contributed by atoms with Crippen molar-refractivity contribution >= 4 is 6.21 Å². The number of nitrogens with zero attached hydrogens (tertiary/aromatic N) is 1. The molecule has 0 aliphatic carbocycles. The van der Waals surface area contributed by atoms with Gasteiger partial charge in [-0.3, -0.25) is 0 Å². The molecular weight excluding hydrogens is 136 g/mol. The molecule has 0 aromatic carbocycles. The summed E-state index contributed by atoms with van der Waals surface area (Å²) in [6.07, 6.45) is 5.46. The SMILES string of the molecule is CC(C=N)CCN1CCCC1. The number of likely N-dealkylation sites (tertiary alicyclic amines) is 1. The van der Waals surface area contributed by atoms with E-state index in [2.05, 4.69) is 11.8 Å². The van der Waals surface area contributed by atoms with Crippen LogP contribution in [0.5, 0.6) is 0 Å². The number of nitrogens with one attached hydrogen (secondary N) is 1. The molecule has 1 heterocycles. The molecule has 1 saturated heterocycles. The molecule has 2 nitrogen and oxygen atoms in total. The Labute approximate surface area is 69.1 Å². The van der Waals surface area contributed by atoms with Crippen molar-refractivity contribution in [2.75, 3.05) is 19.6 Å². The molecule has 1 unspecified atom stereocenters. The monoisotopic (exact) mass is 154 g/mol. The Morgan fingerprint density at radius 2 is 2.09 bits per heavy atom. The second-order valence-electron chi connectivity index (χ2n) is 3.48. The molecule has 64 valence electrons. The van der Waals surface area contributed by atoms with Crippen molar-refractivity contribution in [3.05, 3.63) is 0 Å². The van der Waals surface area contributed by atoms with Gasteiger partial charge in [-0.2, -0.15) is 0 Å². The second-order valence-corrected chi connectivity index (χ2v) is 3.48. The zero-order chi connectivity index (χ0) is 8.10. The topological polar surface area (TPSA) is 27.1 Å². The third kappa shape index (κ3) is 3.02. The van der Waals surface area contributed by atoms with Gasteiger partial charge >= 0.3 is 0 Å². The molecule has 1 aliphatic heterocycles. The summed E-state index contributed by atoms with van der Waals surface area (Å²) in [4.78, 5) is 2.50. The lowest BCUT2D eigenvalue weighted by atomic mass is 10.1. The molecule has 1 atom stereocenters. The molecule has 0 saturated carbocycles. The summed E-state index contributed by atoms with van der Waals surface area (Å²) >= 11 is 0. The number of hydrogen-bond acceptors (Lipinski definition) is 2. The van der Waals surface area contributed by atoms with E-state index in [9.17, 15) is 0 Å². The van der Waals surface area contributed by atoms with E-state index in [1.54, 1.807) is 6.21 Å². The fourth-order valence-corrected chi connectivity index (χ4v) is 1.48. The highest BCUT2D eigenvalue weighted by molar-refractivity contribution is 5.55. The first-order chi connectivity index (χ1) is 5.33. The minimum absolute atomic E-state index is 0.468. The Kier molecular flexibility index (Phi) is 3.57. The van der Waals surface area contributed by atoms with E-state index in [1.165, 1.54) is 32.5 Å². The van der Waals surface area contributed by atoms with Crippen molar-refractivity contribution in [2.45, 2.75) is 26.2 Å². The van der Waals surface area contributed by atoms with E-state index in [0.717, 1.165) is 6.42 Å². The standard InChI is InChI=1S/C9H18N2/c1-9(8-10)4-7-11-5-2-3-6-11/h8-10H,2-7H2,1H3. The van der Waals surface area contributed by atoms with E-state index in [0.29, 0.717) is 5.92 Å².